The zero-order valence-corrected chi connectivity index (χ0v) is 16.1. The van der Waals surface area contributed by atoms with Gasteiger partial charge in [-0.05, 0) is 26.3 Å². The minimum absolute atomic E-state index is 0.0362. The highest BCUT2D eigenvalue weighted by molar-refractivity contribution is 5.95. The van der Waals surface area contributed by atoms with E-state index >= 15 is 0 Å². The highest BCUT2D eigenvalue weighted by Crippen LogP contribution is 2.16. The molecule has 0 aliphatic rings. The van der Waals surface area contributed by atoms with Crippen LogP contribution in [0.1, 0.15) is 34.7 Å². The van der Waals surface area contributed by atoms with E-state index in [1.807, 2.05) is 21.0 Å². The van der Waals surface area contributed by atoms with Crippen molar-refractivity contribution in [1.29, 1.82) is 0 Å². The van der Waals surface area contributed by atoms with E-state index in [2.05, 4.69) is 5.32 Å². The molecule has 2 N–H and O–H groups in total. The molecule has 1 rings (SSSR count). The second-order valence-electron chi connectivity index (χ2n) is 6.52. The Bertz CT molecular complexity index is 555. The zero-order chi connectivity index (χ0) is 18.8. The lowest BCUT2D eigenvalue weighted by Gasteiger charge is -2.22. The number of carbonyl (C=O) groups excluding carboxylic acids is 2. The van der Waals surface area contributed by atoms with Crippen molar-refractivity contribution < 1.29 is 23.6 Å². The first-order valence-corrected chi connectivity index (χ1v) is 8.76. The van der Waals surface area contributed by atoms with E-state index < -0.39 is 0 Å². The van der Waals surface area contributed by atoms with Crippen molar-refractivity contribution in [2.24, 2.45) is 0 Å². The maximum Gasteiger partial charge on any atom is 0.257 e. The Morgan fingerprint density at radius 1 is 1.28 bits per heavy atom. The first-order valence-electron chi connectivity index (χ1n) is 8.76. The van der Waals surface area contributed by atoms with Crippen LogP contribution in [0.5, 0.6) is 0 Å². The second-order valence-corrected chi connectivity index (χ2v) is 6.52. The number of furan rings is 1. The third-order valence-corrected chi connectivity index (χ3v) is 3.89. The van der Waals surface area contributed by atoms with Crippen molar-refractivity contribution in [3.63, 3.8) is 0 Å². The number of rotatable bonds is 11. The molecule has 0 spiro atoms. The molecule has 1 heterocycles. The lowest BCUT2D eigenvalue weighted by molar-refractivity contribution is -0.856. The monoisotopic (exact) mass is 354 g/mol. The summed E-state index contributed by atoms with van der Waals surface area (Å²) in [6.07, 6.45) is 1.01. The molecule has 1 aromatic rings. The van der Waals surface area contributed by atoms with Crippen molar-refractivity contribution in [1.82, 2.24) is 10.2 Å². The summed E-state index contributed by atoms with van der Waals surface area (Å²) in [5, 5.41) is 2.89. The molecular formula is C18H32N3O4+. The molecule has 0 saturated carbocycles. The summed E-state index contributed by atoms with van der Waals surface area (Å²) in [4.78, 5) is 27.7. The number of amides is 2. The van der Waals surface area contributed by atoms with Gasteiger partial charge in [0.2, 0.25) is 5.91 Å². The van der Waals surface area contributed by atoms with Crippen molar-refractivity contribution in [3.05, 3.63) is 23.2 Å². The molecule has 0 unspecified atom stereocenters. The molecule has 0 aliphatic carbocycles. The fourth-order valence-corrected chi connectivity index (χ4v) is 2.50. The van der Waals surface area contributed by atoms with Gasteiger partial charge < -0.3 is 24.3 Å². The van der Waals surface area contributed by atoms with E-state index in [9.17, 15) is 9.59 Å². The van der Waals surface area contributed by atoms with Crippen LogP contribution in [0.15, 0.2) is 10.5 Å². The first-order chi connectivity index (χ1) is 11.8. The maximum absolute atomic E-state index is 12.8. The SMILES string of the molecule is COCCCN(CCC(=O)NCC[NH+](C)C)C(=O)c1cc(C)oc1C. The molecule has 7 nitrogen and oxygen atoms in total. The average molecular weight is 354 g/mol. The number of hydrogen-bond acceptors (Lipinski definition) is 4. The lowest BCUT2D eigenvalue weighted by Crippen LogP contribution is -3.06. The molecule has 2 amide bonds. The van der Waals surface area contributed by atoms with Gasteiger partial charge in [-0.25, -0.2) is 0 Å². The van der Waals surface area contributed by atoms with Gasteiger partial charge in [0.25, 0.3) is 5.91 Å². The first kappa shape index (κ1) is 21.2. The van der Waals surface area contributed by atoms with Crippen LogP contribution < -0.4 is 10.2 Å². The fourth-order valence-electron chi connectivity index (χ4n) is 2.50. The summed E-state index contributed by atoms with van der Waals surface area (Å²) in [6.45, 7) is 6.61. The predicted octanol–water partition coefficient (Wildman–Crippen LogP) is 0.0259. The number of ether oxygens (including phenoxy) is 1. The predicted molar refractivity (Wildman–Crippen MR) is 95.9 cm³/mol. The Morgan fingerprint density at radius 2 is 2.00 bits per heavy atom. The number of nitrogens with one attached hydrogen (secondary N) is 2. The molecule has 0 bridgehead atoms. The molecule has 142 valence electrons. The summed E-state index contributed by atoms with van der Waals surface area (Å²) in [5.74, 6) is 1.18. The van der Waals surface area contributed by atoms with Gasteiger partial charge in [-0.1, -0.05) is 0 Å². The summed E-state index contributed by atoms with van der Waals surface area (Å²) in [5.41, 5.74) is 0.562. The zero-order valence-electron chi connectivity index (χ0n) is 16.1. The number of aryl methyl sites for hydroxylation is 2. The summed E-state index contributed by atoms with van der Waals surface area (Å²) in [7, 11) is 5.71. The largest absolute Gasteiger partial charge is 0.466 e. The van der Waals surface area contributed by atoms with E-state index in [-0.39, 0.29) is 18.2 Å². The van der Waals surface area contributed by atoms with Crippen molar-refractivity contribution in [2.45, 2.75) is 26.7 Å². The van der Waals surface area contributed by atoms with Crippen LogP contribution in [0, 0.1) is 13.8 Å². The van der Waals surface area contributed by atoms with Gasteiger partial charge >= 0.3 is 0 Å². The minimum atomic E-state index is -0.101. The smallest absolute Gasteiger partial charge is 0.257 e. The number of quaternary nitrogens is 1. The van der Waals surface area contributed by atoms with E-state index in [1.165, 1.54) is 4.90 Å². The van der Waals surface area contributed by atoms with Crippen LogP contribution in [0.2, 0.25) is 0 Å². The maximum atomic E-state index is 12.8. The number of carbonyl (C=O) groups is 2. The van der Waals surface area contributed by atoms with E-state index in [1.54, 1.807) is 25.0 Å². The Kier molecular flexibility index (Phi) is 9.23. The van der Waals surface area contributed by atoms with Crippen LogP contribution in [0.4, 0.5) is 0 Å². The van der Waals surface area contributed by atoms with Crippen LogP contribution in [0.3, 0.4) is 0 Å². The molecule has 0 atom stereocenters. The lowest BCUT2D eigenvalue weighted by atomic mass is 10.2. The molecule has 25 heavy (non-hydrogen) atoms. The van der Waals surface area contributed by atoms with Crippen molar-refractivity contribution in [3.8, 4) is 0 Å². The van der Waals surface area contributed by atoms with Gasteiger partial charge in [-0.3, -0.25) is 9.59 Å². The highest BCUT2D eigenvalue weighted by Gasteiger charge is 2.21. The van der Waals surface area contributed by atoms with Crippen LogP contribution in [0.25, 0.3) is 0 Å². The summed E-state index contributed by atoms with van der Waals surface area (Å²) in [6, 6.07) is 1.75. The van der Waals surface area contributed by atoms with Gasteiger partial charge in [0.1, 0.15) is 11.5 Å². The fraction of sp³-hybridized carbons (Fsp3) is 0.667. The van der Waals surface area contributed by atoms with Gasteiger partial charge in [0.05, 0.1) is 32.7 Å². The normalized spacial score (nSPS) is 11.0. The number of nitrogens with zero attached hydrogens (tertiary/aromatic N) is 1. The molecule has 0 saturated heterocycles. The summed E-state index contributed by atoms with van der Waals surface area (Å²) >= 11 is 0. The minimum Gasteiger partial charge on any atom is -0.466 e. The Morgan fingerprint density at radius 3 is 2.56 bits per heavy atom. The molecule has 0 radical (unpaired) electrons. The number of methoxy groups -OCH3 is 1. The van der Waals surface area contributed by atoms with Crippen LogP contribution in [-0.4, -0.2) is 70.7 Å². The van der Waals surface area contributed by atoms with Gasteiger partial charge in [0.15, 0.2) is 0 Å². The number of likely N-dealkylation sites (N-methyl/N-ethyl adjacent to an activating group) is 1. The van der Waals surface area contributed by atoms with Gasteiger partial charge in [-0.15, -0.1) is 0 Å². The van der Waals surface area contributed by atoms with E-state index in [0.29, 0.717) is 43.3 Å². The quantitative estimate of drug-likeness (QED) is 0.550. The van der Waals surface area contributed by atoms with Gasteiger partial charge in [-0.2, -0.15) is 0 Å². The Labute approximate surface area is 150 Å². The number of hydrogen-bond donors (Lipinski definition) is 2. The molecule has 0 aromatic carbocycles. The van der Waals surface area contributed by atoms with Gasteiger partial charge in [0, 0.05) is 33.2 Å². The molecular weight excluding hydrogens is 322 g/mol. The third-order valence-electron chi connectivity index (χ3n) is 3.89. The summed E-state index contributed by atoms with van der Waals surface area (Å²) < 4.78 is 10.5. The van der Waals surface area contributed by atoms with E-state index in [0.717, 1.165) is 13.0 Å². The Balaban J connectivity index is 2.62. The highest BCUT2D eigenvalue weighted by atomic mass is 16.5. The van der Waals surface area contributed by atoms with E-state index in [4.69, 9.17) is 9.15 Å². The average Bonchev–Trinajstić information content (AvgIpc) is 2.88. The molecule has 0 fully saturated rings. The van der Waals surface area contributed by atoms with Crippen molar-refractivity contribution in [2.75, 3.05) is 54.0 Å². The Hall–Kier alpha value is -1.86. The topological polar surface area (TPSA) is 76.2 Å². The van der Waals surface area contributed by atoms with Crippen LogP contribution >= 0.6 is 0 Å². The molecule has 0 aliphatic heterocycles. The molecule has 1 aromatic heterocycles. The third kappa shape index (κ3) is 7.70. The van der Waals surface area contributed by atoms with Crippen LogP contribution in [-0.2, 0) is 9.53 Å². The second kappa shape index (κ2) is 10.9. The molecule has 7 heteroatoms. The van der Waals surface area contributed by atoms with Crippen molar-refractivity contribution >= 4 is 11.8 Å². The standard InChI is InChI=1S/C18H31N3O4/c1-14-13-16(15(2)25-14)18(23)21(9-6-12-24-5)10-7-17(22)19-8-11-20(3)4/h13H,6-12H2,1-5H3,(H,19,22)/p+1.